The van der Waals surface area contributed by atoms with Crippen LogP contribution in [0.1, 0.15) is 23.0 Å². The van der Waals surface area contributed by atoms with Crippen molar-refractivity contribution in [3.05, 3.63) is 47.7 Å². The number of aromatic amines is 1. The normalized spacial score (nSPS) is 10.3. The molecule has 0 bridgehead atoms. The maximum Gasteiger partial charge on any atom is 0.175 e. The fourth-order valence-electron chi connectivity index (χ4n) is 1.65. The van der Waals surface area contributed by atoms with Crippen LogP contribution in [0.4, 0.5) is 0 Å². The summed E-state index contributed by atoms with van der Waals surface area (Å²) in [5.41, 5.74) is 3.92. The van der Waals surface area contributed by atoms with Gasteiger partial charge in [0.25, 0.3) is 0 Å². The summed E-state index contributed by atoms with van der Waals surface area (Å²) < 4.78 is 0. The van der Waals surface area contributed by atoms with Crippen LogP contribution in [0.5, 0.6) is 0 Å². The topological polar surface area (TPSA) is 32.9 Å². The predicted octanol–water partition coefficient (Wildman–Crippen LogP) is 3.19. The van der Waals surface area contributed by atoms with Gasteiger partial charge in [-0.05, 0) is 24.1 Å². The number of carbonyl (C=O) groups excluding carboxylic acids is 1. The average Bonchev–Trinajstić information content (AvgIpc) is 2.62. The molecule has 1 heterocycles. The van der Waals surface area contributed by atoms with Gasteiger partial charge in [-0.25, -0.2) is 0 Å². The minimum Gasteiger partial charge on any atom is -0.352 e. The van der Waals surface area contributed by atoms with Crippen molar-refractivity contribution in [2.24, 2.45) is 0 Å². The third kappa shape index (κ3) is 1.84. The first-order valence-corrected chi connectivity index (χ1v) is 4.94. The monoisotopic (exact) mass is 199 g/mol. The van der Waals surface area contributed by atoms with E-state index in [4.69, 9.17) is 0 Å². The minimum absolute atomic E-state index is 0.0697. The van der Waals surface area contributed by atoms with Crippen molar-refractivity contribution in [2.75, 3.05) is 0 Å². The highest BCUT2D eigenvalue weighted by atomic mass is 16.1. The second-order valence-electron chi connectivity index (χ2n) is 3.66. The second-order valence-corrected chi connectivity index (χ2v) is 3.66. The van der Waals surface area contributed by atoms with Crippen LogP contribution >= 0.6 is 0 Å². The predicted molar refractivity (Wildman–Crippen MR) is 61.0 cm³/mol. The Labute approximate surface area is 89.0 Å². The summed E-state index contributed by atoms with van der Waals surface area (Å²) >= 11 is 0. The van der Waals surface area contributed by atoms with Crippen molar-refractivity contribution in [3.63, 3.8) is 0 Å². The molecule has 0 atom stereocenters. The van der Waals surface area contributed by atoms with E-state index < -0.39 is 0 Å². The molecular formula is C13H13NO. The van der Waals surface area contributed by atoms with Crippen molar-refractivity contribution in [2.45, 2.75) is 13.8 Å². The number of Topliss-reactive ketones (excluding diaryl/α,β-unsaturated/α-hetero) is 1. The molecule has 76 valence electrons. The summed E-state index contributed by atoms with van der Waals surface area (Å²) in [5, 5.41) is 0. The van der Waals surface area contributed by atoms with Crippen molar-refractivity contribution < 1.29 is 4.79 Å². The number of nitrogens with one attached hydrogen (secondary N) is 1. The van der Waals surface area contributed by atoms with Gasteiger partial charge in [0.15, 0.2) is 5.78 Å². The summed E-state index contributed by atoms with van der Waals surface area (Å²) in [6.45, 7) is 3.57. The number of hydrogen-bond acceptors (Lipinski definition) is 1. The number of aromatic nitrogens is 1. The van der Waals surface area contributed by atoms with Crippen molar-refractivity contribution in [1.29, 1.82) is 0 Å². The Bertz CT molecular complexity index is 482. The van der Waals surface area contributed by atoms with Crippen LogP contribution in [0.2, 0.25) is 0 Å². The first-order chi connectivity index (χ1) is 7.18. The Kier molecular flexibility index (Phi) is 2.42. The van der Waals surface area contributed by atoms with Crippen LogP contribution in [0.3, 0.4) is 0 Å². The van der Waals surface area contributed by atoms with Gasteiger partial charge in [0, 0.05) is 12.6 Å². The molecular weight excluding hydrogens is 186 g/mol. The standard InChI is InChI=1S/C13H13NO/c1-9-8-12(10(2)15)14-13(9)11-6-4-3-5-7-11/h3-8,14H,1-2H3. The molecule has 0 amide bonds. The molecule has 1 aromatic heterocycles. The Morgan fingerprint density at radius 1 is 1.20 bits per heavy atom. The molecule has 2 rings (SSSR count). The highest BCUT2D eigenvalue weighted by Gasteiger charge is 2.08. The summed E-state index contributed by atoms with van der Waals surface area (Å²) in [6, 6.07) is 11.9. The third-order valence-electron chi connectivity index (χ3n) is 2.46. The first-order valence-electron chi connectivity index (χ1n) is 4.94. The molecule has 0 fully saturated rings. The second kappa shape index (κ2) is 3.73. The van der Waals surface area contributed by atoms with Crippen LogP contribution in [-0.4, -0.2) is 10.8 Å². The molecule has 0 saturated heterocycles. The van der Waals surface area contributed by atoms with E-state index in [-0.39, 0.29) is 5.78 Å². The summed E-state index contributed by atoms with van der Waals surface area (Å²) in [4.78, 5) is 14.4. The fourth-order valence-corrected chi connectivity index (χ4v) is 1.65. The maximum absolute atomic E-state index is 11.2. The van der Waals surface area contributed by atoms with Crippen LogP contribution in [0.25, 0.3) is 11.3 Å². The number of carbonyl (C=O) groups is 1. The highest BCUT2D eigenvalue weighted by molar-refractivity contribution is 5.93. The van der Waals surface area contributed by atoms with Gasteiger partial charge in [-0.3, -0.25) is 4.79 Å². The zero-order chi connectivity index (χ0) is 10.8. The van der Waals surface area contributed by atoms with E-state index in [0.717, 1.165) is 16.8 Å². The first kappa shape index (κ1) is 9.71. The minimum atomic E-state index is 0.0697. The van der Waals surface area contributed by atoms with Crippen molar-refractivity contribution in [3.8, 4) is 11.3 Å². The molecule has 2 heteroatoms. The number of benzene rings is 1. The summed E-state index contributed by atoms with van der Waals surface area (Å²) in [7, 11) is 0. The Morgan fingerprint density at radius 2 is 1.87 bits per heavy atom. The van der Waals surface area contributed by atoms with Gasteiger partial charge < -0.3 is 4.98 Å². The zero-order valence-corrected chi connectivity index (χ0v) is 8.87. The van der Waals surface area contributed by atoms with E-state index >= 15 is 0 Å². The van der Waals surface area contributed by atoms with Crippen LogP contribution in [-0.2, 0) is 0 Å². The van der Waals surface area contributed by atoms with Gasteiger partial charge in [-0.15, -0.1) is 0 Å². The highest BCUT2D eigenvalue weighted by Crippen LogP contribution is 2.22. The van der Waals surface area contributed by atoms with Gasteiger partial charge in [0.05, 0.1) is 5.69 Å². The maximum atomic E-state index is 11.2. The Morgan fingerprint density at radius 3 is 2.40 bits per heavy atom. The van der Waals surface area contributed by atoms with E-state index in [9.17, 15) is 4.79 Å². The molecule has 0 radical (unpaired) electrons. The van der Waals surface area contributed by atoms with E-state index in [0.29, 0.717) is 5.69 Å². The average molecular weight is 199 g/mol. The molecule has 1 aromatic carbocycles. The van der Waals surface area contributed by atoms with E-state index in [1.54, 1.807) is 6.92 Å². The number of rotatable bonds is 2. The molecule has 0 aliphatic rings. The van der Waals surface area contributed by atoms with Crippen molar-refractivity contribution in [1.82, 2.24) is 4.98 Å². The van der Waals surface area contributed by atoms with Crippen LogP contribution in [0, 0.1) is 6.92 Å². The molecule has 2 nitrogen and oxygen atoms in total. The third-order valence-corrected chi connectivity index (χ3v) is 2.46. The van der Waals surface area contributed by atoms with Gasteiger partial charge in [-0.1, -0.05) is 30.3 Å². The lowest BCUT2D eigenvalue weighted by molar-refractivity contribution is 0.101. The lowest BCUT2D eigenvalue weighted by Crippen LogP contribution is -1.90. The Hall–Kier alpha value is -1.83. The van der Waals surface area contributed by atoms with Crippen LogP contribution in [0.15, 0.2) is 36.4 Å². The van der Waals surface area contributed by atoms with Crippen molar-refractivity contribution >= 4 is 5.78 Å². The zero-order valence-electron chi connectivity index (χ0n) is 8.87. The Balaban J connectivity index is 2.50. The number of hydrogen-bond donors (Lipinski definition) is 1. The van der Waals surface area contributed by atoms with Gasteiger partial charge in [0.1, 0.15) is 0 Å². The molecule has 1 N–H and O–H groups in total. The fraction of sp³-hybridized carbons (Fsp3) is 0.154. The van der Waals surface area contributed by atoms with E-state index in [1.165, 1.54) is 0 Å². The lowest BCUT2D eigenvalue weighted by Gasteiger charge is -1.98. The molecule has 0 aliphatic heterocycles. The number of aryl methyl sites for hydroxylation is 1. The number of H-pyrrole nitrogens is 1. The van der Waals surface area contributed by atoms with E-state index in [2.05, 4.69) is 4.98 Å². The molecule has 2 aromatic rings. The van der Waals surface area contributed by atoms with Gasteiger partial charge >= 0.3 is 0 Å². The van der Waals surface area contributed by atoms with Gasteiger partial charge in [-0.2, -0.15) is 0 Å². The summed E-state index contributed by atoms with van der Waals surface area (Å²) in [6.07, 6.45) is 0. The summed E-state index contributed by atoms with van der Waals surface area (Å²) in [5.74, 6) is 0.0697. The largest absolute Gasteiger partial charge is 0.352 e. The van der Waals surface area contributed by atoms with Gasteiger partial charge in [0.2, 0.25) is 0 Å². The molecule has 0 unspecified atom stereocenters. The molecule has 0 spiro atoms. The van der Waals surface area contributed by atoms with Crippen LogP contribution < -0.4 is 0 Å². The molecule has 0 aliphatic carbocycles. The SMILES string of the molecule is CC(=O)c1cc(C)c(-c2ccccc2)[nH]1. The molecule has 15 heavy (non-hydrogen) atoms. The quantitative estimate of drug-likeness (QED) is 0.740. The molecule has 0 saturated carbocycles. The smallest absolute Gasteiger partial charge is 0.175 e. The lowest BCUT2D eigenvalue weighted by atomic mass is 10.1. The van der Waals surface area contributed by atoms with E-state index in [1.807, 2.05) is 43.3 Å². The number of ketones is 1.